The number of para-hydroxylation sites is 1. The molecule has 0 amide bonds. The Kier molecular flexibility index (Phi) is 4.17. The Balaban J connectivity index is 2.74. The Labute approximate surface area is 84.9 Å². The normalized spacial score (nSPS) is 9.86. The molecular formula is C12H15O2. The third-order valence-corrected chi connectivity index (χ3v) is 1.92. The van der Waals surface area contributed by atoms with Crippen molar-refractivity contribution in [2.45, 2.75) is 26.2 Å². The summed E-state index contributed by atoms with van der Waals surface area (Å²) >= 11 is 0. The van der Waals surface area contributed by atoms with Crippen LogP contribution in [0.25, 0.3) is 0 Å². The summed E-state index contributed by atoms with van der Waals surface area (Å²) in [4.78, 5) is 10.8. The van der Waals surface area contributed by atoms with Gasteiger partial charge in [-0.3, -0.25) is 4.79 Å². The molecule has 1 aromatic carbocycles. The number of carbonyl (C=O) groups excluding carboxylic acids is 1. The Hall–Kier alpha value is -1.31. The van der Waals surface area contributed by atoms with Gasteiger partial charge in [-0.15, -0.1) is 0 Å². The Bertz CT molecular complexity index is 305. The standard InChI is InChI=1S/C12H15O2/c1-3-4-7-11-8-5-6-9-12(11)14-10(2)13/h5-6,8-9H,1,3-4,7H2,2H3. The summed E-state index contributed by atoms with van der Waals surface area (Å²) in [5.41, 5.74) is 1.08. The molecule has 14 heavy (non-hydrogen) atoms. The fourth-order valence-corrected chi connectivity index (χ4v) is 1.28. The minimum Gasteiger partial charge on any atom is -0.426 e. The molecule has 0 N–H and O–H groups in total. The molecule has 0 bridgehead atoms. The van der Waals surface area contributed by atoms with Crippen molar-refractivity contribution in [2.75, 3.05) is 0 Å². The van der Waals surface area contributed by atoms with Crippen molar-refractivity contribution in [3.05, 3.63) is 36.8 Å². The molecule has 0 saturated carbocycles. The van der Waals surface area contributed by atoms with E-state index in [1.165, 1.54) is 6.92 Å². The maximum atomic E-state index is 10.8. The zero-order valence-corrected chi connectivity index (χ0v) is 8.45. The number of ether oxygens (including phenoxy) is 1. The number of rotatable bonds is 4. The fourth-order valence-electron chi connectivity index (χ4n) is 1.28. The van der Waals surface area contributed by atoms with E-state index < -0.39 is 0 Å². The van der Waals surface area contributed by atoms with Crippen molar-refractivity contribution in [1.29, 1.82) is 0 Å². The second kappa shape index (κ2) is 5.43. The van der Waals surface area contributed by atoms with E-state index in [1.54, 1.807) is 0 Å². The number of esters is 1. The Morgan fingerprint density at radius 3 is 2.79 bits per heavy atom. The quantitative estimate of drug-likeness (QED) is 0.540. The molecule has 0 aromatic heterocycles. The van der Waals surface area contributed by atoms with Gasteiger partial charge < -0.3 is 4.74 Å². The molecule has 0 aliphatic rings. The molecule has 75 valence electrons. The van der Waals surface area contributed by atoms with Crippen LogP contribution in [0.1, 0.15) is 25.3 Å². The van der Waals surface area contributed by atoms with E-state index in [0.29, 0.717) is 5.75 Å². The van der Waals surface area contributed by atoms with Crippen LogP contribution in [-0.4, -0.2) is 5.97 Å². The number of unbranched alkanes of at least 4 members (excludes halogenated alkanes) is 1. The van der Waals surface area contributed by atoms with Crippen LogP contribution in [0.5, 0.6) is 5.75 Å². The van der Waals surface area contributed by atoms with Crippen LogP contribution in [0.15, 0.2) is 24.3 Å². The van der Waals surface area contributed by atoms with Crippen molar-refractivity contribution in [3.63, 3.8) is 0 Å². The van der Waals surface area contributed by atoms with Crippen molar-refractivity contribution in [3.8, 4) is 5.75 Å². The lowest BCUT2D eigenvalue weighted by molar-refractivity contribution is -0.131. The summed E-state index contributed by atoms with van der Waals surface area (Å²) in [6.45, 7) is 5.20. The zero-order valence-electron chi connectivity index (χ0n) is 8.45. The molecular weight excluding hydrogens is 176 g/mol. The lowest BCUT2D eigenvalue weighted by Crippen LogP contribution is -2.03. The van der Waals surface area contributed by atoms with Gasteiger partial charge in [-0.25, -0.2) is 0 Å². The zero-order chi connectivity index (χ0) is 10.4. The summed E-state index contributed by atoms with van der Waals surface area (Å²) < 4.78 is 5.08. The molecule has 0 unspecified atom stereocenters. The second-order valence-corrected chi connectivity index (χ2v) is 3.16. The molecule has 0 aliphatic heterocycles. The number of carbonyl (C=O) groups is 1. The van der Waals surface area contributed by atoms with Crippen molar-refractivity contribution in [2.24, 2.45) is 0 Å². The summed E-state index contributed by atoms with van der Waals surface area (Å²) in [7, 11) is 0. The van der Waals surface area contributed by atoms with Gasteiger partial charge in [0, 0.05) is 6.92 Å². The largest absolute Gasteiger partial charge is 0.426 e. The SMILES string of the molecule is [CH2]CCCc1ccccc1OC(C)=O. The van der Waals surface area contributed by atoms with Crippen LogP contribution in [-0.2, 0) is 11.2 Å². The van der Waals surface area contributed by atoms with Gasteiger partial charge in [-0.2, -0.15) is 0 Å². The third-order valence-electron chi connectivity index (χ3n) is 1.92. The van der Waals surface area contributed by atoms with E-state index in [0.717, 1.165) is 24.8 Å². The van der Waals surface area contributed by atoms with Gasteiger partial charge in [-0.05, 0) is 24.5 Å². The molecule has 0 aliphatic carbocycles. The van der Waals surface area contributed by atoms with Gasteiger partial charge >= 0.3 is 5.97 Å². The first-order chi connectivity index (χ1) is 6.74. The number of benzene rings is 1. The average Bonchev–Trinajstić information content (AvgIpc) is 2.16. The Morgan fingerprint density at radius 1 is 1.43 bits per heavy atom. The van der Waals surface area contributed by atoms with E-state index in [9.17, 15) is 4.79 Å². The van der Waals surface area contributed by atoms with E-state index in [-0.39, 0.29) is 5.97 Å². The van der Waals surface area contributed by atoms with E-state index in [2.05, 4.69) is 6.92 Å². The summed E-state index contributed by atoms with van der Waals surface area (Å²) in [5.74, 6) is 0.403. The smallest absolute Gasteiger partial charge is 0.308 e. The lowest BCUT2D eigenvalue weighted by atomic mass is 10.1. The van der Waals surface area contributed by atoms with Gasteiger partial charge in [0.15, 0.2) is 0 Å². The molecule has 0 saturated heterocycles. The summed E-state index contributed by atoms with van der Waals surface area (Å²) in [6, 6.07) is 7.62. The maximum Gasteiger partial charge on any atom is 0.308 e. The minimum absolute atomic E-state index is 0.271. The lowest BCUT2D eigenvalue weighted by Gasteiger charge is -2.07. The van der Waals surface area contributed by atoms with Crippen LogP contribution in [0.2, 0.25) is 0 Å². The van der Waals surface area contributed by atoms with Gasteiger partial charge in [0.2, 0.25) is 0 Å². The van der Waals surface area contributed by atoms with Crippen molar-refractivity contribution in [1.82, 2.24) is 0 Å². The molecule has 1 radical (unpaired) electrons. The topological polar surface area (TPSA) is 26.3 Å². The van der Waals surface area contributed by atoms with Crippen LogP contribution in [0.4, 0.5) is 0 Å². The number of hydrogen-bond donors (Lipinski definition) is 0. The summed E-state index contributed by atoms with van der Waals surface area (Å²) in [5, 5.41) is 0. The van der Waals surface area contributed by atoms with Crippen LogP contribution >= 0.6 is 0 Å². The van der Waals surface area contributed by atoms with E-state index >= 15 is 0 Å². The molecule has 0 atom stereocenters. The molecule has 2 heteroatoms. The first-order valence-corrected chi connectivity index (χ1v) is 4.79. The first-order valence-electron chi connectivity index (χ1n) is 4.79. The number of aryl methyl sites for hydroxylation is 1. The Morgan fingerprint density at radius 2 is 2.14 bits per heavy atom. The molecule has 1 aromatic rings. The fraction of sp³-hybridized carbons (Fsp3) is 0.333. The van der Waals surface area contributed by atoms with Crippen LogP contribution in [0, 0.1) is 6.92 Å². The molecule has 0 heterocycles. The second-order valence-electron chi connectivity index (χ2n) is 3.16. The summed E-state index contributed by atoms with van der Waals surface area (Å²) in [6.07, 6.45) is 2.82. The molecule has 1 rings (SSSR count). The van der Waals surface area contributed by atoms with Gasteiger partial charge in [0.05, 0.1) is 0 Å². The van der Waals surface area contributed by atoms with Crippen molar-refractivity contribution < 1.29 is 9.53 Å². The molecule has 0 fully saturated rings. The first kappa shape index (κ1) is 10.8. The minimum atomic E-state index is -0.271. The molecule has 2 nitrogen and oxygen atoms in total. The third kappa shape index (κ3) is 3.21. The van der Waals surface area contributed by atoms with Crippen molar-refractivity contribution >= 4 is 5.97 Å². The van der Waals surface area contributed by atoms with Gasteiger partial charge in [-0.1, -0.05) is 31.5 Å². The highest BCUT2D eigenvalue weighted by atomic mass is 16.5. The van der Waals surface area contributed by atoms with Gasteiger partial charge in [0.1, 0.15) is 5.75 Å². The molecule has 0 spiro atoms. The van der Waals surface area contributed by atoms with Crippen LogP contribution in [0.3, 0.4) is 0 Å². The monoisotopic (exact) mass is 191 g/mol. The van der Waals surface area contributed by atoms with Gasteiger partial charge in [0.25, 0.3) is 0 Å². The highest BCUT2D eigenvalue weighted by molar-refractivity contribution is 5.69. The van der Waals surface area contributed by atoms with E-state index in [1.807, 2.05) is 24.3 Å². The highest BCUT2D eigenvalue weighted by Crippen LogP contribution is 2.19. The van der Waals surface area contributed by atoms with E-state index in [4.69, 9.17) is 4.74 Å². The average molecular weight is 191 g/mol. The number of hydrogen-bond acceptors (Lipinski definition) is 2. The maximum absolute atomic E-state index is 10.8. The van der Waals surface area contributed by atoms with Crippen LogP contribution < -0.4 is 4.74 Å². The predicted molar refractivity (Wildman–Crippen MR) is 56.0 cm³/mol. The predicted octanol–water partition coefficient (Wildman–Crippen LogP) is 2.77. The highest BCUT2D eigenvalue weighted by Gasteiger charge is 2.04.